The van der Waals surface area contributed by atoms with Crippen molar-refractivity contribution in [2.45, 2.75) is 29.3 Å². The van der Waals surface area contributed by atoms with Gasteiger partial charge in [-0.2, -0.15) is 0 Å². The topological polar surface area (TPSA) is 50.3 Å². The van der Waals surface area contributed by atoms with Crippen molar-refractivity contribution >= 4 is 48.8 Å². The third-order valence-electron chi connectivity index (χ3n) is 7.58. The number of nitrogens with zero attached hydrogens (tertiary/aromatic N) is 3. The molecule has 1 aromatic rings. The Balaban J connectivity index is 1.47. The van der Waals surface area contributed by atoms with Crippen molar-refractivity contribution in [1.82, 2.24) is 15.1 Å². The summed E-state index contributed by atoms with van der Waals surface area (Å²) >= 11 is 5.90. The van der Waals surface area contributed by atoms with E-state index in [0.717, 1.165) is 24.9 Å². The molecule has 1 aliphatic carbocycles. The zero-order valence-corrected chi connectivity index (χ0v) is 17.8. The normalized spacial score (nSPS) is 33.0. The maximum atomic E-state index is 5.90. The lowest BCUT2D eigenvalue weighted by Crippen LogP contribution is -2.45. The van der Waals surface area contributed by atoms with E-state index >= 15 is 0 Å². The minimum atomic E-state index is 0.194. The van der Waals surface area contributed by atoms with Gasteiger partial charge in [-0.25, -0.2) is 0 Å². The number of nitrogens with one attached hydrogen (secondary N) is 1. The van der Waals surface area contributed by atoms with Gasteiger partial charge in [0.1, 0.15) is 37.2 Å². The number of likely N-dealkylation sites (tertiary alicyclic amines) is 1. The molecule has 0 radical (unpaired) electrons. The van der Waals surface area contributed by atoms with Gasteiger partial charge >= 0.3 is 0 Å². The van der Waals surface area contributed by atoms with Gasteiger partial charge in [-0.3, -0.25) is 0 Å². The van der Waals surface area contributed by atoms with Crippen molar-refractivity contribution in [3.05, 3.63) is 17.3 Å². The Bertz CT molecular complexity index is 647. The quantitative estimate of drug-likeness (QED) is 0.652. The van der Waals surface area contributed by atoms with Crippen molar-refractivity contribution < 1.29 is 4.74 Å². The number of fused-ring (bicyclic) bond motifs is 1. The van der Waals surface area contributed by atoms with Crippen LogP contribution in [0.5, 0.6) is 0 Å². The molecule has 0 spiro atoms. The van der Waals surface area contributed by atoms with Crippen LogP contribution in [0.2, 0.25) is 15.6 Å². The predicted octanol–water partition coefficient (Wildman–Crippen LogP) is -1.34. The van der Waals surface area contributed by atoms with Crippen LogP contribution in [0.1, 0.15) is 12.8 Å². The molecule has 1 aromatic heterocycles. The molecule has 27 heavy (non-hydrogen) atoms. The summed E-state index contributed by atoms with van der Waals surface area (Å²) in [7, 11) is 9.72. The Morgan fingerprint density at radius 3 is 2.26 bits per heavy atom. The van der Waals surface area contributed by atoms with Crippen molar-refractivity contribution in [3.8, 4) is 0 Å². The van der Waals surface area contributed by atoms with Gasteiger partial charge < -0.3 is 15.0 Å². The molecule has 0 aromatic carbocycles. The first-order chi connectivity index (χ1) is 12.8. The number of ether oxygens (including phenoxy) is 1. The monoisotopic (exact) mass is 384 g/mol. The lowest BCUT2D eigenvalue weighted by atomic mass is 9.41. The van der Waals surface area contributed by atoms with E-state index in [1.807, 2.05) is 12.1 Å². The van der Waals surface area contributed by atoms with Crippen molar-refractivity contribution in [2.75, 3.05) is 38.2 Å². The fourth-order valence-corrected chi connectivity index (χ4v) is 6.24. The van der Waals surface area contributed by atoms with Gasteiger partial charge in [-0.05, 0) is 42.7 Å². The average molecular weight is 384 g/mol. The Morgan fingerprint density at radius 1 is 1.07 bits per heavy atom. The molecule has 142 valence electrons. The summed E-state index contributed by atoms with van der Waals surface area (Å²) in [5, 5.41) is 12.8. The standard InChI is InChI=1S/C17H29B4ClN4O/c18-16(19)11-8-26(7-10-3-5-27-6-4-10)9-12(11)17(20,21)15(16)23-14-2-1-13(22)24-25-14/h1-2,10-12,15H,3-9,18-21H2,(H,23,25)/t11-,12+,15+. The molecule has 5 nitrogen and oxygen atoms in total. The zero-order valence-electron chi connectivity index (χ0n) is 17.0. The van der Waals surface area contributed by atoms with E-state index in [-0.39, 0.29) is 10.4 Å². The minimum Gasteiger partial charge on any atom is -0.381 e. The molecule has 0 unspecified atom stereocenters. The highest BCUT2D eigenvalue weighted by molar-refractivity contribution is 6.47. The van der Waals surface area contributed by atoms with Gasteiger partial charge in [-0.1, -0.05) is 22.0 Å². The molecule has 2 aliphatic heterocycles. The first-order valence-electron chi connectivity index (χ1n) is 10.3. The summed E-state index contributed by atoms with van der Waals surface area (Å²) in [6, 6.07) is 4.11. The smallest absolute Gasteiger partial charge is 0.151 e. The summed E-state index contributed by atoms with van der Waals surface area (Å²) in [6.45, 7) is 5.54. The van der Waals surface area contributed by atoms with Crippen LogP contribution in [0.25, 0.3) is 0 Å². The van der Waals surface area contributed by atoms with Gasteiger partial charge in [-0.15, -0.1) is 10.2 Å². The highest BCUT2D eigenvalue weighted by atomic mass is 35.5. The molecule has 2 saturated heterocycles. The molecule has 0 amide bonds. The lowest BCUT2D eigenvalue weighted by molar-refractivity contribution is 0.0544. The van der Waals surface area contributed by atoms with Crippen LogP contribution in [-0.2, 0) is 4.74 Å². The minimum absolute atomic E-state index is 0.194. The van der Waals surface area contributed by atoms with E-state index < -0.39 is 0 Å². The van der Waals surface area contributed by atoms with Crippen LogP contribution in [0.3, 0.4) is 0 Å². The maximum Gasteiger partial charge on any atom is 0.151 e. The second-order valence-corrected chi connectivity index (χ2v) is 10.3. The highest BCUT2D eigenvalue weighted by Crippen LogP contribution is 2.62. The molecule has 4 rings (SSSR count). The van der Waals surface area contributed by atoms with E-state index in [9.17, 15) is 0 Å². The van der Waals surface area contributed by atoms with Crippen LogP contribution in [0.4, 0.5) is 5.82 Å². The van der Waals surface area contributed by atoms with E-state index in [1.54, 1.807) is 0 Å². The largest absolute Gasteiger partial charge is 0.381 e. The van der Waals surface area contributed by atoms with Crippen LogP contribution >= 0.6 is 11.6 Å². The summed E-state index contributed by atoms with van der Waals surface area (Å²) < 4.78 is 5.54. The summed E-state index contributed by atoms with van der Waals surface area (Å²) in [6.07, 6.45) is 2.44. The number of rotatable bonds is 4. The summed E-state index contributed by atoms with van der Waals surface area (Å²) in [5.41, 5.74) is 0. The average Bonchev–Trinajstić information content (AvgIpc) is 3.11. The molecule has 1 N–H and O–H groups in total. The molecule has 3 atom stereocenters. The maximum absolute atomic E-state index is 5.90. The molecule has 1 saturated carbocycles. The van der Waals surface area contributed by atoms with Crippen LogP contribution in [-0.4, -0.2) is 85.4 Å². The van der Waals surface area contributed by atoms with E-state index in [2.05, 4.69) is 51.8 Å². The van der Waals surface area contributed by atoms with Crippen molar-refractivity contribution in [2.24, 2.45) is 17.8 Å². The Kier molecular flexibility index (Phi) is 5.32. The van der Waals surface area contributed by atoms with Gasteiger partial charge in [0.25, 0.3) is 0 Å². The summed E-state index contributed by atoms with van der Waals surface area (Å²) in [4.78, 5) is 2.73. The van der Waals surface area contributed by atoms with Crippen LogP contribution < -0.4 is 5.32 Å². The number of halogens is 1. The van der Waals surface area contributed by atoms with Crippen LogP contribution in [0.15, 0.2) is 12.1 Å². The highest BCUT2D eigenvalue weighted by Gasteiger charge is 2.61. The first kappa shape index (κ1) is 19.7. The first-order valence-corrected chi connectivity index (χ1v) is 10.7. The SMILES string of the molecule is BC1(B)[C@H](Nc2ccc(Cl)nn2)C(B)(B)[C@H]2CN(CC3CCOCC3)C[C@H]21. The Morgan fingerprint density at radius 2 is 1.70 bits per heavy atom. The van der Waals surface area contributed by atoms with Gasteiger partial charge in [0, 0.05) is 38.9 Å². The predicted molar refractivity (Wildman–Crippen MR) is 121 cm³/mol. The number of hydrogen-bond acceptors (Lipinski definition) is 5. The number of anilines is 1. The third-order valence-corrected chi connectivity index (χ3v) is 7.78. The van der Waals surface area contributed by atoms with Gasteiger partial charge in [0.2, 0.25) is 0 Å². The van der Waals surface area contributed by atoms with Crippen molar-refractivity contribution in [3.63, 3.8) is 0 Å². The molecular formula is C17H29B4ClN4O. The summed E-state index contributed by atoms with van der Waals surface area (Å²) in [5.74, 6) is 3.03. The van der Waals surface area contributed by atoms with E-state index in [1.165, 1.54) is 32.5 Å². The zero-order chi connectivity index (χ0) is 19.2. The molecule has 3 heterocycles. The third kappa shape index (κ3) is 3.67. The second kappa shape index (κ2) is 7.31. The molecule has 3 aliphatic rings. The van der Waals surface area contributed by atoms with Crippen molar-refractivity contribution in [1.29, 1.82) is 0 Å². The number of aromatic nitrogens is 2. The Labute approximate surface area is 171 Å². The fourth-order valence-electron chi connectivity index (χ4n) is 6.14. The van der Waals surface area contributed by atoms with Crippen LogP contribution in [0, 0.1) is 17.8 Å². The van der Waals surface area contributed by atoms with Gasteiger partial charge in [0.15, 0.2) is 5.15 Å². The fraction of sp³-hybridized carbons (Fsp3) is 0.765. The molecule has 3 fully saturated rings. The second-order valence-electron chi connectivity index (χ2n) is 9.95. The van der Waals surface area contributed by atoms with E-state index in [0.29, 0.717) is 23.0 Å². The molecular weight excluding hydrogens is 355 g/mol. The Hall–Kier alpha value is -0.650. The van der Waals surface area contributed by atoms with E-state index in [4.69, 9.17) is 16.3 Å². The lowest BCUT2D eigenvalue weighted by Gasteiger charge is -2.41. The number of hydrogen-bond donors (Lipinski definition) is 1. The molecule has 0 bridgehead atoms. The van der Waals surface area contributed by atoms with Gasteiger partial charge in [0.05, 0.1) is 0 Å². The molecule has 10 heteroatoms.